The maximum atomic E-state index is 13.7. The highest BCUT2D eigenvalue weighted by Crippen LogP contribution is 2.33. The van der Waals surface area contributed by atoms with Crippen molar-refractivity contribution in [1.29, 1.82) is 0 Å². The smallest absolute Gasteiger partial charge is 0.389 e. The second-order valence-electron chi connectivity index (χ2n) is 11.8. The first-order valence-corrected chi connectivity index (χ1v) is 17.7. The lowest BCUT2D eigenvalue weighted by Gasteiger charge is -2.27. The van der Waals surface area contributed by atoms with Crippen LogP contribution in [0.15, 0.2) is 64.4 Å². The Balaban J connectivity index is 0.000000427. The van der Waals surface area contributed by atoms with E-state index in [1.54, 1.807) is 23.9 Å². The number of hydrogen-bond acceptors (Lipinski definition) is 6. The topological polar surface area (TPSA) is 94.6 Å². The minimum atomic E-state index is -4.08. The van der Waals surface area contributed by atoms with Crippen molar-refractivity contribution >= 4 is 22.1 Å². The number of halogens is 4. The van der Waals surface area contributed by atoms with E-state index < -0.39 is 28.8 Å². The Hall–Kier alpha value is -3.45. The number of esters is 1. The largest absolute Gasteiger partial charge is 0.472 e. The van der Waals surface area contributed by atoms with E-state index in [2.05, 4.69) is 9.15 Å². The zero-order valence-electron chi connectivity index (χ0n) is 26.6. The summed E-state index contributed by atoms with van der Waals surface area (Å²) in [5, 5.41) is 4.73. The summed E-state index contributed by atoms with van der Waals surface area (Å²) in [6.45, 7) is 2.48. The average Bonchev–Trinajstić information content (AvgIpc) is 3.81. The number of fused-ring (bicyclic) bond motifs is 1. The number of benzene rings is 1. The molecule has 8 nitrogen and oxygen atoms in total. The Morgan fingerprint density at radius 2 is 1.70 bits per heavy atom. The normalized spacial score (nSPS) is 16.9. The van der Waals surface area contributed by atoms with Crippen molar-refractivity contribution in [3.63, 3.8) is 0 Å². The van der Waals surface area contributed by atoms with E-state index in [9.17, 15) is 30.8 Å². The molecule has 3 heterocycles. The van der Waals surface area contributed by atoms with Gasteiger partial charge >= 0.3 is 12.1 Å². The fourth-order valence-corrected chi connectivity index (χ4v) is 7.36. The van der Waals surface area contributed by atoms with Gasteiger partial charge in [-0.3, -0.25) is 4.68 Å². The molecule has 2 aromatic heterocycles. The Morgan fingerprint density at radius 1 is 1.02 bits per heavy atom. The predicted octanol–water partition coefficient (Wildman–Crippen LogP) is 8.30. The van der Waals surface area contributed by atoms with Crippen LogP contribution in [0.2, 0.25) is 0 Å². The lowest BCUT2D eigenvalue weighted by atomic mass is 10.1. The minimum Gasteiger partial charge on any atom is -0.472 e. The second kappa shape index (κ2) is 17.1. The molecule has 1 aromatic carbocycles. The van der Waals surface area contributed by atoms with Crippen LogP contribution in [0, 0.1) is 0 Å². The molecule has 1 aliphatic carbocycles. The van der Waals surface area contributed by atoms with Gasteiger partial charge in [0.15, 0.2) is 0 Å². The molecule has 0 spiro atoms. The van der Waals surface area contributed by atoms with E-state index in [4.69, 9.17) is 5.10 Å². The number of aryl methyl sites for hydroxylation is 1. The van der Waals surface area contributed by atoms with Crippen LogP contribution in [0.4, 0.5) is 17.6 Å². The van der Waals surface area contributed by atoms with Gasteiger partial charge in [0.05, 0.1) is 30.2 Å². The maximum absolute atomic E-state index is 13.7. The Kier molecular flexibility index (Phi) is 13.2. The number of furan rings is 1. The monoisotopic (exact) mass is 681 g/mol. The molecule has 2 aliphatic rings. The second-order valence-corrected chi connectivity index (χ2v) is 13.7. The zero-order valence-corrected chi connectivity index (χ0v) is 27.4. The van der Waals surface area contributed by atoms with Crippen LogP contribution in [-0.2, 0) is 21.2 Å². The van der Waals surface area contributed by atoms with Gasteiger partial charge < -0.3 is 9.15 Å². The fourth-order valence-electron chi connectivity index (χ4n) is 5.71. The van der Waals surface area contributed by atoms with Crippen molar-refractivity contribution in [1.82, 2.24) is 14.1 Å². The standard InChI is InChI=1S/C27H35F4N3O2S.C7H8O3/c28-22-15-18-33(19-16-22)37(35,36)26-20-34(25-14-13-21-10-7-8-11-23(21)25)32-24(26)12-6-4-2-1-3-5-9-17-27(29,30)31;1-2-10-7(8)6-3-4-9-5-6/h7-8,10-11,13-14,20,22,25H,1-6,9,12,15-19H2;3-5H,2H2,1H3. The molecule has 258 valence electrons. The lowest BCUT2D eigenvalue weighted by molar-refractivity contribution is -0.135. The van der Waals surface area contributed by atoms with Crippen molar-refractivity contribution in [2.45, 2.75) is 101 Å². The van der Waals surface area contributed by atoms with Crippen molar-refractivity contribution < 1.29 is 39.9 Å². The van der Waals surface area contributed by atoms with E-state index in [-0.39, 0.29) is 49.3 Å². The SMILES string of the molecule is CCOC(=O)c1ccoc1.O=S(=O)(c1cn(C2C=Cc3ccccc32)nc1CCCCCCCCCC(F)(F)F)N1CCC(F)CC1. The molecule has 1 fully saturated rings. The number of ether oxygens (including phenoxy) is 1. The maximum Gasteiger partial charge on any atom is 0.389 e. The number of alkyl halides is 4. The number of carbonyl (C=O) groups excluding carboxylic acids is 1. The van der Waals surface area contributed by atoms with E-state index in [1.807, 2.05) is 36.4 Å². The van der Waals surface area contributed by atoms with Gasteiger partial charge in [0.2, 0.25) is 10.0 Å². The quantitative estimate of drug-likeness (QED) is 0.0966. The summed E-state index contributed by atoms with van der Waals surface area (Å²) in [5.41, 5.74) is 3.12. The van der Waals surface area contributed by atoms with E-state index in [0.717, 1.165) is 43.2 Å². The highest BCUT2D eigenvalue weighted by molar-refractivity contribution is 7.89. The van der Waals surface area contributed by atoms with E-state index >= 15 is 0 Å². The number of piperidine rings is 1. The van der Waals surface area contributed by atoms with Crippen LogP contribution >= 0.6 is 0 Å². The number of allylic oxidation sites excluding steroid dienone is 1. The molecular weight excluding hydrogens is 638 g/mol. The summed E-state index contributed by atoms with van der Waals surface area (Å²) in [4.78, 5) is 11.0. The first kappa shape index (κ1) is 36.4. The van der Waals surface area contributed by atoms with Gasteiger partial charge in [0, 0.05) is 25.7 Å². The number of rotatable bonds is 14. The van der Waals surface area contributed by atoms with Crippen molar-refractivity contribution in [3.8, 4) is 0 Å². The molecule has 0 bridgehead atoms. The first-order chi connectivity index (χ1) is 22.5. The van der Waals surface area contributed by atoms with Crippen molar-refractivity contribution in [2.24, 2.45) is 0 Å². The summed E-state index contributed by atoms with van der Waals surface area (Å²) < 4.78 is 90.0. The third-order valence-electron chi connectivity index (χ3n) is 8.24. The van der Waals surface area contributed by atoms with Crippen molar-refractivity contribution in [2.75, 3.05) is 19.7 Å². The molecule has 47 heavy (non-hydrogen) atoms. The molecule has 1 aliphatic heterocycles. The Morgan fingerprint density at radius 3 is 2.36 bits per heavy atom. The predicted molar refractivity (Wildman–Crippen MR) is 170 cm³/mol. The van der Waals surface area contributed by atoms with Gasteiger partial charge in [0.25, 0.3) is 0 Å². The number of carbonyl (C=O) groups is 1. The summed E-state index contributed by atoms with van der Waals surface area (Å²) in [6, 6.07) is 9.31. The van der Waals surface area contributed by atoms with E-state index in [0.29, 0.717) is 30.7 Å². The van der Waals surface area contributed by atoms with Crippen LogP contribution in [0.5, 0.6) is 0 Å². The summed E-state index contributed by atoms with van der Waals surface area (Å²) in [6.07, 6.45) is 8.38. The van der Waals surface area contributed by atoms with E-state index in [1.165, 1.54) is 16.8 Å². The van der Waals surface area contributed by atoms with Crippen LogP contribution in [0.25, 0.3) is 6.08 Å². The summed E-state index contributed by atoms with van der Waals surface area (Å²) in [7, 11) is -3.80. The molecule has 1 saturated heterocycles. The third-order valence-corrected chi connectivity index (χ3v) is 10.2. The van der Waals surface area contributed by atoms with Crippen LogP contribution in [-0.4, -0.2) is 60.5 Å². The molecule has 1 atom stereocenters. The van der Waals surface area contributed by atoms with Gasteiger partial charge in [-0.25, -0.2) is 17.6 Å². The van der Waals surface area contributed by atoms with Gasteiger partial charge in [-0.05, 0) is 56.2 Å². The highest BCUT2D eigenvalue weighted by atomic mass is 32.2. The first-order valence-electron chi connectivity index (χ1n) is 16.2. The number of sulfonamides is 1. The molecule has 1 unspecified atom stereocenters. The molecule has 0 N–H and O–H groups in total. The fraction of sp³-hybridized carbons (Fsp3) is 0.529. The molecular formula is C34H43F4N3O5S. The molecule has 0 saturated carbocycles. The minimum absolute atomic E-state index is 0.161. The Labute approximate surface area is 273 Å². The van der Waals surface area contributed by atoms with Crippen molar-refractivity contribution in [3.05, 3.63) is 77.5 Å². The van der Waals surface area contributed by atoms with Crippen LogP contribution < -0.4 is 0 Å². The average molecular weight is 682 g/mol. The number of aromatic nitrogens is 2. The van der Waals surface area contributed by atoms with Gasteiger partial charge in [0.1, 0.15) is 17.3 Å². The van der Waals surface area contributed by atoms with Crippen LogP contribution in [0.3, 0.4) is 0 Å². The Bertz CT molecular complexity index is 1550. The van der Waals surface area contributed by atoms with Gasteiger partial charge in [-0.2, -0.15) is 22.6 Å². The summed E-state index contributed by atoms with van der Waals surface area (Å²) in [5.74, 6) is -0.337. The molecule has 0 radical (unpaired) electrons. The molecule has 0 amide bonds. The molecule has 13 heteroatoms. The molecule has 5 rings (SSSR count). The third kappa shape index (κ3) is 10.5. The van der Waals surface area contributed by atoms with Gasteiger partial charge in [-0.15, -0.1) is 0 Å². The van der Waals surface area contributed by atoms with Gasteiger partial charge in [-0.1, -0.05) is 68.5 Å². The molecule has 3 aromatic rings. The number of hydrogen-bond donors (Lipinski definition) is 0. The highest BCUT2D eigenvalue weighted by Gasteiger charge is 2.34. The zero-order chi connectivity index (χ0) is 33.9. The van der Waals surface area contributed by atoms with Crippen LogP contribution in [0.1, 0.15) is 104 Å². The number of nitrogens with zero attached hydrogens (tertiary/aromatic N) is 3. The lowest BCUT2D eigenvalue weighted by Crippen LogP contribution is -2.39. The summed E-state index contributed by atoms with van der Waals surface area (Å²) >= 11 is 0. The number of unbranched alkanes of at least 4 members (excludes halogenated alkanes) is 6.